The second-order valence-corrected chi connectivity index (χ2v) is 6.41. The van der Waals surface area contributed by atoms with Gasteiger partial charge in [-0.05, 0) is 27.0 Å². The zero-order chi connectivity index (χ0) is 15.5. The van der Waals surface area contributed by atoms with E-state index in [-0.39, 0.29) is 5.54 Å². The van der Waals surface area contributed by atoms with Crippen LogP contribution in [0.4, 0.5) is 5.82 Å². The van der Waals surface area contributed by atoms with Crippen LogP contribution in [0.25, 0.3) is 11.3 Å². The van der Waals surface area contributed by atoms with Crippen LogP contribution >= 0.6 is 11.8 Å². The van der Waals surface area contributed by atoms with Crippen LogP contribution in [-0.2, 0) is 0 Å². The van der Waals surface area contributed by atoms with Crippen molar-refractivity contribution in [2.75, 3.05) is 11.6 Å². The predicted octanol–water partition coefficient (Wildman–Crippen LogP) is 3.95. The SMILES string of the molecule is CSc1nc(NC(C)(C)C)c(C#N)c(-c2ccccc2)n1. The first-order valence-electron chi connectivity index (χ1n) is 6.64. The summed E-state index contributed by atoms with van der Waals surface area (Å²) in [5.41, 5.74) is 1.89. The molecule has 2 aromatic rings. The number of nitrogens with zero attached hydrogens (tertiary/aromatic N) is 3. The molecule has 0 fully saturated rings. The van der Waals surface area contributed by atoms with Crippen LogP contribution in [0.2, 0.25) is 0 Å². The molecule has 0 aliphatic carbocycles. The summed E-state index contributed by atoms with van der Waals surface area (Å²) < 4.78 is 0. The highest BCUT2D eigenvalue weighted by Crippen LogP contribution is 2.29. The summed E-state index contributed by atoms with van der Waals surface area (Å²) in [6, 6.07) is 12.0. The molecular formula is C16H18N4S. The van der Waals surface area contributed by atoms with E-state index in [1.54, 1.807) is 0 Å². The molecule has 0 spiro atoms. The molecule has 0 saturated carbocycles. The third-order valence-electron chi connectivity index (χ3n) is 2.72. The van der Waals surface area contributed by atoms with E-state index in [1.807, 2.05) is 57.4 Å². The number of hydrogen-bond acceptors (Lipinski definition) is 5. The topological polar surface area (TPSA) is 61.6 Å². The van der Waals surface area contributed by atoms with Crippen LogP contribution in [-0.4, -0.2) is 21.8 Å². The summed E-state index contributed by atoms with van der Waals surface area (Å²) in [4.78, 5) is 8.96. The molecule has 1 aromatic heterocycles. The van der Waals surface area contributed by atoms with Crippen LogP contribution in [0.5, 0.6) is 0 Å². The average Bonchev–Trinajstić information content (AvgIpc) is 2.45. The van der Waals surface area contributed by atoms with E-state index in [4.69, 9.17) is 0 Å². The largest absolute Gasteiger partial charge is 0.364 e. The van der Waals surface area contributed by atoms with Gasteiger partial charge >= 0.3 is 0 Å². The van der Waals surface area contributed by atoms with Crippen molar-refractivity contribution in [3.63, 3.8) is 0 Å². The Hall–Kier alpha value is -2.06. The van der Waals surface area contributed by atoms with Crippen molar-refractivity contribution in [1.29, 1.82) is 5.26 Å². The summed E-state index contributed by atoms with van der Waals surface area (Å²) >= 11 is 1.47. The normalized spacial score (nSPS) is 11.0. The van der Waals surface area contributed by atoms with Gasteiger partial charge in [-0.15, -0.1) is 0 Å². The van der Waals surface area contributed by atoms with Crippen molar-refractivity contribution >= 4 is 17.6 Å². The molecule has 0 bridgehead atoms. The maximum absolute atomic E-state index is 9.54. The van der Waals surface area contributed by atoms with E-state index in [1.165, 1.54) is 11.8 Å². The number of aromatic nitrogens is 2. The molecule has 0 saturated heterocycles. The lowest BCUT2D eigenvalue weighted by Crippen LogP contribution is -2.27. The van der Waals surface area contributed by atoms with Gasteiger partial charge in [-0.2, -0.15) is 5.26 Å². The third kappa shape index (κ3) is 3.73. The highest BCUT2D eigenvalue weighted by atomic mass is 32.2. The molecular weight excluding hydrogens is 280 g/mol. The summed E-state index contributed by atoms with van der Waals surface area (Å²) in [6.07, 6.45) is 1.93. The minimum Gasteiger partial charge on any atom is -0.364 e. The van der Waals surface area contributed by atoms with E-state index < -0.39 is 0 Å². The fourth-order valence-electron chi connectivity index (χ4n) is 1.89. The van der Waals surface area contributed by atoms with Crippen molar-refractivity contribution in [3.05, 3.63) is 35.9 Å². The van der Waals surface area contributed by atoms with Crippen molar-refractivity contribution in [2.24, 2.45) is 0 Å². The Kier molecular flexibility index (Phi) is 4.49. The van der Waals surface area contributed by atoms with Gasteiger partial charge in [0.2, 0.25) is 0 Å². The maximum atomic E-state index is 9.54. The molecule has 0 amide bonds. The van der Waals surface area contributed by atoms with E-state index in [2.05, 4.69) is 21.4 Å². The van der Waals surface area contributed by atoms with E-state index in [0.717, 1.165) is 5.56 Å². The van der Waals surface area contributed by atoms with Crippen molar-refractivity contribution in [2.45, 2.75) is 31.5 Å². The molecule has 0 aliphatic heterocycles. The van der Waals surface area contributed by atoms with Gasteiger partial charge < -0.3 is 5.32 Å². The predicted molar refractivity (Wildman–Crippen MR) is 87.3 cm³/mol. The van der Waals surface area contributed by atoms with Crippen LogP contribution in [0.15, 0.2) is 35.5 Å². The first-order valence-corrected chi connectivity index (χ1v) is 7.87. The van der Waals surface area contributed by atoms with Gasteiger partial charge in [0.25, 0.3) is 0 Å². The summed E-state index contributed by atoms with van der Waals surface area (Å²) in [5, 5.41) is 13.5. The second kappa shape index (κ2) is 6.15. The molecule has 21 heavy (non-hydrogen) atoms. The minimum atomic E-state index is -0.177. The summed E-state index contributed by atoms with van der Waals surface area (Å²) in [5.74, 6) is 0.586. The second-order valence-electron chi connectivity index (χ2n) is 5.64. The highest BCUT2D eigenvalue weighted by molar-refractivity contribution is 7.98. The fourth-order valence-corrected chi connectivity index (χ4v) is 2.25. The third-order valence-corrected chi connectivity index (χ3v) is 3.27. The van der Waals surface area contributed by atoms with Crippen molar-refractivity contribution < 1.29 is 0 Å². The highest BCUT2D eigenvalue weighted by Gasteiger charge is 2.19. The van der Waals surface area contributed by atoms with Gasteiger partial charge in [-0.25, -0.2) is 9.97 Å². The minimum absolute atomic E-state index is 0.177. The Morgan fingerprint density at radius 2 is 1.81 bits per heavy atom. The Morgan fingerprint density at radius 1 is 1.14 bits per heavy atom. The fraction of sp³-hybridized carbons (Fsp3) is 0.312. The van der Waals surface area contributed by atoms with E-state index >= 15 is 0 Å². The molecule has 0 radical (unpaired) electrons. The van der Waals surface area contributed by atoms with Crippen molar-refractivity contribution in [3.8, 4) is 17.3 Å². The lowest BCUT2D eigenvalue weighted by Gasteiger charge is -2.23. The van der Waals surface area contributed by atoms with Gasteiger partial charge in [0.1, 0.15) is 17.5 Å². The smallest absolute Gasteiger partial charge is 0.189 e. The Bertz CT molecular complexity index is 669. The molecule has 1 N–H and O–H groups in total. The number of nitriles is 1. The van der Waals surface area contributed by atoms with E-state index in [9.17, 15) is 5.26 Å². The quantitative estimate of drug-likeness (QED) is 0.686. The Labute approximate surface area is 129 Å². The summed E-state index contributed by atoms with van der Waals surface area (Å²) in [6.45, 7) is 6.12. The molecule has 4 nitrogen and oxygen atoms in total. The zero-order valence-corrected chi connectivity index (χ0v) is 13.5. The van der Waals surface area contributed by atoms with Crippen LogP contribution in [0.3, 0.4) is 0 Å². The van der Waals surface area contributed by atoms with Crippen molar-refractivity contribution in [1.82, 2.24) is 9.97 Å². The lowest BCUT2D eigenvalue weighted by molar-refractivity contribution is 0.628. The van der Waals surface area contributed by atoms with Gasteiger partial charge in [0.15, 0.2) is 5.16 Å². The first kappa shape index (κ1) is 15.3. The van der Waals surface area contributed by atoms with Crippen LogP contribution < -0.4 is 5.32 Å². The van der Waals surface area contributed by atoms with Crippen LogP contribution in [0.1, 0.15) is 26.3 Å². The molecule has 1 heterocycles. The van der Waals surface area contributed by atoms with Crippen LogP contribution in [0, 0.1) is 11.3 Å². The maximum Gasteiger partial charge on any atom is 0.189 e. The van der Waals surface area contributed by atoms with E-state index in [0.29, 0.717) is 22.2 Å². The summed E-state index contributed by atoms with van der Waals surface area (Å²) in [7, 11) is 0. The van der Waals surface area contributed by atoms with Gasteiger partial charge in [0, 0.05) is 11.1 Å². The number of anilines is 1. The first-order chi connectivity index (χ1) is 9.94. The molecule has 1 aromatic carbocycles. The Morgan fingerprint density at radius 3 is 2.33 bits per heavy atom. The molecule has 0 unspecified atom stereocenters. The average molecular weight is 298 g/mol. The lowest BCUT2D eigenvalue weighted by atomic mass is 10.1. The molecule has 108 valence electrons. The molecule has 2 rings (SSSR count). The number of thioether (sulfide) groups is 1. The zero-order valence-electron chi connectivity index (χ0n) is 12.6. The van der Waals surface area contributed by atoms with Gasteiger partial charge in [0.05, 0.1) is 5.69 Å². The number of benzene rings is 1. The number of hydrogen-bond donors (Lipinski definition) is 1. The number of rotatable bonds is 3. The van der Waals surface area contributed by atoms with Gasteiger partial charge in [-0.3, -0.25) is 0 Å². The molecule has 5 heteroatoms. The number of nitrogens with one attached hydrogen (secondary N) is 1. The monoisotopic (exact) mass is 298 g/mol. The standard InChI is InChI=1S/C16H18N4S/c1-16(2,3)20-14-12(10-17)13(18-15(19-14)21-4)11-8-6-5-7-9-11/h5-9H,1-4H3,(H,18,19,20). The van der Waals surface area contributed by atoms with Gasteiger partial charge in [-0.1, -0.05) is 42.1 Å². The Balaban J connectivity index is 2.64. The molecule has 0 atom stereocenters. The molecule has 0 aliphatic rings.